The SMILES string of the molecule is Cc1c(C)c2ccc(O)cc2c2ccc(F)cc12. The molecule has 1 nitrogen and oxygen atoms in total. The van der Waals surface area contributed by atoms with Crippen LogP contribution in [0.2, 0.25) is 0 Å². The second-order valence-corrected chi connectivity index (χ2v) is 4.67. The van der Waals surface area contributed by atoms with Gasteiger partial charge < -0.3 is 5.11 Å². The summed E-state index contributed by atoms with van der Waals surface area (Å²) in [5.41, 5.74) is 2.21. The van der Waals surface area contributed by atoms with Crippen molar-refractivity contribution >= 4 is 21.5 Å². The lowest BCUT2D eigenvalue weighted by molar-refractivity contribution is 0.476. The largest absolute Gasteiger partial charge is 0.508 e. The first-order valence-corrected chi connectivity index (χ1v) is 5.89. The fourth-order valence-corrected chi connectivity index (χ4v) is 2.55. The van der Waals surface area contributed by atoms with Crippen LogP contribution in [-0.2, 0) is 0 Å². The smallest absolute Gasteiger partial charge is 0.123 e. The Labute approximate surface area is 104 Å². The number of aryl methyl sites for hydroxylation is 2. The Morgan fingerprint density at radius 2 is 1.44 bits per heavy atom. The zero-order chi connectivity index (χ0) is 12.9. The van der Waals surface area contributed by atoms with E-state index in [1.165, 1.54) is 6.07 Å². The molecule has 0 fully saturated rings. The number of phenolic OH excluding ortho intramolecular Hbond substituents is 1. The number of hydrogen-bond acceptors (Lipinski definition) is 1. The van der Waals surface area contributed by atoms with E-state index in [1.807, 2.05) is 19.9 Å². The Bertz CT molecular complexity index is 775. The topological polar surface area (TPSA) is 20.2 Å². The van der Waals surface area contributed by atoms with Crippen LogP contribution in [0.15, 0.2) is 36.4 Å². The van der Waals surface area contributed by atoms with Crippen LogP contribution in [0.4, 0.5) is 4.39 Å². The maximum absolute atomic E-state index is 13.4. The van der Waals surface area contributed by atoms with Crippen LogP contribution in [0.5, 0.6) is 5.75 Å². The molecule has 0 heterocycles. The summed E-state index contributed by atoms with van der Waals surface area (Å²) in [6.07, 6.45) is 0. The molecule has 18 heavy (non-hydrogen) atoms. The van der Waals surface area contributed by atoms with Gasteiger partial charge in [0, 0.05) is 0 Å². The van der Waals surface area contributed by atoms with Crippen molar-refractivity contribution in [2.75, 3.05) is 0 Å². The zero-order valence-electron chi connectivity index (χ0n) is 10.3. The van der Waals surface area contributed by atoms with Gasteiger partial charge in [-0.05, 0) is 70.8 Å². The Morgan fingerprint density at radius 1 is 0.778 bits per heavy atom. The molecule has 0 bridgehead atoms. The van der Waals surface area contributed by atoms with Crippen molar-refractivity contribution in [2.24, 2.45) is 0 Å². The Morgan fingerprint density at radius 3 is 2.22 bits per heavy atom. The molecular weight excluding hydrogens is 227 g/mol. The predicted octanol–water partition coefficient (Wildman–Crippen LogP) is 4.45. The predicted molar refractivity (Wildman–Crippen MR) is 72.6 cm³/mol. The maximum atomic E-state index is 13.4. The van der Waals surface area contributed by atoms with Crippen LogP contribution in [0.3, 0.4) is 0 Å². The molecular formula is C16H13FO. The lowest BCUT2D eigenvalue weighted by atomic mass is 9.93. The van der Waals surface area contributed by atoms with Gasteiger partial charge in [-0.2, -0.15) is 0 Å². The molecule has 0 radical (unpaired) electrons. The Kier molecular flexibility index (Phi) is 2.27. The van der Waals surface area contributed by atoms with Crippen LogP contribution < -0.4 is 0 Å². The molecule has 0 spiro atoms. The van der Waals surface area contributed by atoms with E-state index in [0.717, 1.165) is 32.7 Å². The Hall–Kier alpha value is -2.09. The third-order valence-corrected chi connectivity index (χ3v) is 3.65. The van der Waals surface area contributed by atoms with E-state index in [0.29, 0.717) is 0 Å². The van der Waals surface area contributed by atoms with Gasteiger partial charge in [0.2, 0.25) is 0 Å². The van der Waals surface area contributed by atoms with Gasteiger partial charge in [0.15, 0.2) is 0 Å². The van der Waals surface area contributed by atoms with E-state index >= 15 is 0 Å². The normalized spacial score (nSPS) is 11.3. The molecule has 0 atom stereocenters. The molecule has 0 saturated heterocycles. The van der Waals surface area contributed by atoms with Crippen LogP contribution >= 0.6 is 0 Å². The van der Waals surface area contributed by atoms with E-state index in [4.69, 9.17) is 0 Å². The van der Waals surface area contributed by atoms with E-state index in [1.54, 1.807) is 24.3 Å². The number of phenols is 1. The highest BCUT2D eigenvalue weighted by atomic mass is 19.1. The summed E-state index contributed by atoms with van der Waals surface area (Å²) in [6.45, 7) is 4.03. The zero-order valence-corrected chi connectivity index (χ0v) is 10.3. The van der Waals surface area contributed by atoms with E-state index in [-0.39, 0.29) is 11.6 Å². The average molecular weight is 240 g/mol. The van der Waals surface area contributed by atoms with Gasteiger partial charge in [-0.15, -0.1) is 0 Å². The molecule has 2 heteroatoms. The second kappa shape index (κ2) is 3.70. The van der Waals surface area contributed by atoms with Gasteiger partial charge in [-0.25, -0.2) is 4.39 Å². The third-order valence-electron chi connectivity index (χ3n) is 3.65. The van der Waals surface area contributed by atoms with Gasteiger partial charge in [0.25, 0.3) is 0 Å². The van der Waals surface area contributed by atoms with Gasteiger partial charge in [0.05, 0.1) is 0 Å². The van der Waals surface area contributed by atoms with Crippen molar-refractivity contribution < 1.29 is 9.50 Å². The molecule has 0 aliphatic carbocycles. The number of hydrogen-bond donors (Lipinski definition) is 1. The number of fused-ring (bicyclic) bond motifs is 3. The van der Waals surface area contributed by atoms with E-state index in [2.05, 4.69) is 0 Å². The summed E-state index contributed by atoms with van der Waals surface area (Å²) < 4.78 is 13.4. The Balaban J connectivity index is 2.63. The highest BCUT2D eigenvalue weighted by Crippen LogP contribution is 2.34. The molecule has 3 aromatic carbocycles. The molecule has 0 aliphatic heterocycles. The summed E-state index contributed by atoms with van der Waals surface area (Å²) >= 11 is 0. The highest BCUT2D eigenvalue weighted by Gasteiger charge is 2.09. The summed E-state index contributed by atoms with van der Waals surface area (Å²) in [6, 6.07) is 10.1. The first kappa shape index (κ1) is 11.0. The molecule has 0 amide bonds. The van der Waals surface area contributed by atoms with E-state index < -0.39 is 0 Å². The molecule has 1 N–H and O–H groups in total. The fraction of sp³-hybridized carbons (Fsp3) is 0.125. The molecule has 90 valence electrons. The molecule has 0 unspecified atom stereocenters. The van der Waals surface area contributed by atoms with Gasteiger partial charge in [-0.3, -0.25) is 0 Å². The van der Waals surface area contributed by atoms with Gasteiger partial charge in [-0.1, -0.05) is 12.1 Å². The minimum atomic E-state index is -0.232. The minimum Gasteiger partial charge on any atom is -0.508 e. The van der Waals surface area contributed by atoms with Crippen molar-refractivity contribution in [3.8, 4) is 5.75 Å². The molecule has 3 aromatic rings. The van der Waals surface area contributed by atoms with Crippen molar-refractivity contribution in [1.82, 2.24) is 0 Å². The number of benzene rings is 3. The van der Waals surface area contributed by atoms with Crippen LogP contribution in [0.25, 0.3) is 21.5 Å². The highest BCUT2D eigenvalue weighted by molar-refractivity contribution is 6.10. The summed E-state index contributed by atoms with van der Waals surface area (Å²) in [7, 11) is 0. The average Bonchev–Trinajstić information content (AvgIpc) is 2.35. The van der Waals surface area contributed by atoms with Crippen molar-refractivity contribution in [3.63, 3.8) is 0 Å². The standard InChI is InChI=1S/C16H13FO/c1-9-10(2)15-7-11(17)3-5-14(15)16-8-12(18)4-6-13(9)16/h3-8,18H,1-2H3. The molecule has 0 aliphatic rings. The summed E-state index contributed by atoms with van der Waals surface area (Å²) in [5.74, 6) is 0.000816. The van der Waals surface area contributed by atoms with E-state index in [9.17, 15) is 9.50 Å². The first-order chi connectivity index (χ1) is 8.58. The van der Waals surface area contributed by atoms with Gasteiger partial charge >= 0.3 is 0 Å². The molecule has 0 aromatic heterocycles. The van der Waals surface area contributed by atoms with Crippen molar-refractivity contribution in [3.05, 3.63) is 53.3 Å². The summed E-state index contributed by atoms with van der Waals surface area (Å²) in [5, 5.41) is 13.6. The van der Waals surface area contributed by atoms with Crippen molar-refractivity contribution in [2.45, 2.75) is 13.8 Å². The quantitative estimate of drug-likeness (QED) is 0.575. The maximum Gasteiger partial charge on any atom is 0.123 e. The molecule has 0 saturated carbocycles. The van der Waals surface area contributed by atoms with Crippen LogP contribution in [0, 0.1) is 19.7 Å². The monoisotopic (exact) mass is 240 g/mol. The van der Waals surface area contributed by atoms with Gasteiger partial charge in [0.1, 0.15) is 11.6 Å². The number of halogens is 1. The summed E-state index contributed by atoms with van der Waals surface area (Å²) in [4.78, 5) is 0. The molecule has 3 rings (SSSR count). The fourth-order valence-electron chi connectivity index (χ4n) is 2.55. The minimum absolute atomic E-state index is 0.232. The number of aromatic hydroxyl groups is 1. The lowest BCUT2D eigenvalue weighted by Crippen LogP contribution is -1.89. The van der Waals surface area contributed by atoms with Crippen molar-refractivity contribution in [1.29, 1.82) is 0 Å². The lowest BCUT2D eigenvalue weighted by Gasteiger charge is -2.12. The van der Waals surface area contributed by atoms with Crippen LogP contribution in [0.1, 0.15) is 11.1 Å². The second-order valence-electron chi connectivity index (χ2n) is 4.67. The van der Waals surface area contributed by atoms with Crippen LogP contribution in [-0.4, -0.2) is 5.11 Å². The first-order valence-electron chi connectivity index (χ1n) is 5.89. The number of rotatable bonds is 0. The third kappa shape index (κ3) is 1.46.